The number of aromatic amines is 1. The average Bonchev–Trinajstić information content (AvgIpc) is 2.96. The highest BCUT2D eigenvalue weighted by molar-refractivity contribution is 7.09. The number of rotatable bonds is 6. The van der Waals surface area contributed by atoms with Crippen molar-refractivity contribution in [3.8, 4) is 11.3 Å². The van der Waals surface area contributed by atoms with Gasteiger partial charge in [0.05, 0.1) is 5.69 Å². The summed E-state index contributed by atoms with van der Waals surface area (Å²) in [7, 11) is 2.08. The molecule has 1 N–H and O–H groups in total. The number of nitrogens with zero attached hydrogens (tertiary/aromatic N) is 1. The van der Waals surface area contributed by atoms with Crippen LogP contribution in [0.15, 0.2) is 59.4 Å². The third-order valence-electron chi connectivity index (χ3n) is 4.08. The number of aromatic nitrogens is 1. The van der Waals surface area contributed by atoms with Gasteiger partial charge in [0.2, 0.25) is 0 Å². The van der Waals surface area contributed by atoms with Crippen LogP contribution in [0.3, 0.4) is 0 Å². The molecule has 3 rings (SSSR count). The van der Waals surface area contributed by atoms with E-state index in [1.165, 1.54) is 22.5 Å². The molecule has 0 unspecified atom stereocenters. The van der Waals surface area contributed by atoms with Crippen LogP contribution in [0.4, 0.5) is 0 Å². The molecule has 0 aliphatic rings. The molecule has 1 heterocycles. The van der Waals surface area contributed by atoms with E-state index in [9.17, 15) is 4.79 Å². The third kappa shape index (κ3) is 4.02. The fourth-order valence-electron chi connectivity index (χ4n) is 2.81. The summed E-state index contributed by atoms with van der Waals surface area (Å²) in [6.07, 6.45) is 1.02. The molecule has 0 bridgehead atoms. The van der Waals surface area contributed by atoms with Gasteiger partial charge >= 0.3 is 4.87 Å². The molecule has 0 aliphatic carbocycles. The Morgan fingerprint density at radius 2 is 1.67 bits per heavy atom. The molecule has 2 aromatic carbocycles. The summed E-state index contributed by atoms with van der Waals surface area (Å²) < 4.78 is 0. The summed E-state index contributed by atoms with van der Waals surface area (Å²) >= 11 is 1.31. The Hall–Kier alpha value is -2.17. The zero-order chi connectivity index (χ0) is 16.9. The van der Waals surface area contributed by atoms with Crippen LogP contribution < -0.4 is 4.87 Å². The standard InChI is InChI=1S/C20H22N2OS/c1-3-15-9-11-17(12-10-15)19-18(24-20(23)21-19)14-22(2)13-16-7-5-4-6-8-16/h4-12H,3,13-14H2,1-2H3,(H,21,23). The zero-order valence-corrected chi connectivity index (χ0v) is 14.9. The van der Waals surface area contributed by atoms with Gasteiger partial charge in [0.15, 0.2) is 0 Å². The van der Waals surface area contributed by atoms with Crippen LogP contribution >= 0.6 is 11.3 Å². The summed E-state index contributed by atoms with van der Waals surface area (Å²) in [6.45, 7) is 3.76. The van der Waals surface area contributed by atoms with Crippen molar-refractivity contribution in [3.05, 3.63) is 80.3 Å². The first-order valence-corrected chi connectivity index (χ1v) is 9.01. The van der Waals surface area contributed by atoms with Crippen LogP contribution in [-0.4, -0.2) is 16.9 Å². The number of H-pyrrole nitrogens is 1. The van der Waals surface area contributed by atoms with E-state index in [2.05, 4.69) is 72.4 Å². The molecule has 0 amide bonds. The van der Waals surface area contributed by atoms with Crippen molar-refractivity contribution in [2.75, 3.05) is 7.05 Å². The fraction of sp³-hybridized carbons (Fsp3) is 0.250. The van der Waals surface area contributed by atoms with E-state index < -0.39 is 0 Å². The molecule has 0 spiro atoms. The highest BCUT2D eigenvalue weighted by atomic mass is 32.1. The Bertz CT molecular complexity index is 834. The van der Waals surface area contributed by atoms with E-state index in [-0.39, 0.29) is 4.87 Å². The van der Waals surface area contributed by atoms with E-state index in [4.69, 9.17) is 0 Å². The largest absolute Gasteiger partial charge is 0.312 e. The molecule has 1 aromatic heterocycles. The van der Waals surface area contributed by atoms with Crippen molar-refractivity contribution in [2.45, 2.75) is 26.4 Å². The van der Waals surface area contributed by atoms with Crippen molar-refractivity contribution >= 4 is 11.3 Å². The molecule has 0 saturated heterocycles. The van der Waals surface area contributed by atoms with Crippen molar-refractivity contribution in [2.24, 2.45) is 0 Å². The predicted octanol–water partition coefficient (Wildman–Crippen LogP) is 4.30. The molecule has 124 valence electrons. The number of hydrogen-bond donors (Lipinski definition) is 1. The number of nitrogens with one attached hydrogen (secondary N) is 1. The molecule has 24 heavy (non-hydrogen) atoms. The lowest BCUT2D eigenvalue weighted by molar-refractivity contribution is 0.322. The number of aryl methyl sites for hydroxylation is 1. The van der Waals surface area contributed by atoms with Crippen LogP contribution in [0.25, 0.3) is 11.3 Å². The van der Waals surface area contributed by atoms with Crippen LogP contribution in [0.5, 0.6) is 0 Å². The highest BCUT2D eigenvalue weighted by Gasteiger charge is 2.12. The van der Waals surface area contributed by atoms with Crippen molar-refractivity contribution in [3.63, 3.8) is 0 Å². The Labute approximate surface area is 146 Å². The molecule has 0 fully saturated rings. The van der Waals surface area contributed by atoms with E-state index in [1.807, 2.05) is 6.07 Å². The van der Waals surface area contributed by atoms with Gasteiger partial charge in [-0.05, 0) is 30.2 Å². The summed E-state index contributed by atoms with van der Waals surface area (Å²) in [4.78, 5) is 18.2. The number of benzene rings is 2. The summed E-state index contributed by atoms with van der Waals surface area (Å²) in [5.74, 6) is 0. The van der Waals surface area contributed by atoms with Gasteiger partial charge in [-0.25, -0.2) is 0 Å². The average molecular weight is 338 g/mol. The van der Waals surface area contributed by atoms with Crippen molar-refractivity contribution in [1.29, 1.82) is 0 Å². The maximum absolute atomic E-state index is 11.9. The van der Waals surface area contributed by atoms with E-state index >= 15 is 0 Å². The lowest BCUT2D eigenvalue weighted by atomic mass is 10.1. The highest BCUT2D eigenvalue weighted by Crippen LogP contribution is 2.25. The minimum atomic E-state index is 0.00711. The van der Waals surface area contributed by atoms with Crippen molar-refractivity contribution in [1.82, 2.24) is 9.88 Å². The van der Waals surface area contributed by atoms with E-state index in [0.717, 1.165) is 35.6 Å². The summed E-state index contributed by atoms with van der Waals surface area (Å²) in [6, 6.07) is 18.8. The molecular formula is C20H22N2OS. The molecule has 0 atom stereocenters. The first-order valence-electron chi connectivity index (χ1n) is 8.19. The summed E-state index contributed by atoms with van der Waals surface area (Å²) in [5.41, 5.74) is 4.61. The van der Waals surface area contributed by atoms with Gasteiger partial charge in [0.25, 0.3) is 0 Å². The third-order valence-corrected chi connectivity index (χ3v) is 4.95. The molecule has 3 aromatic rings. The molecule has 4 heteroatoms. The van der Waals surface area contributed by atoms with E-state index in [0.29, 0.717) is 0 Å². The maximum atomic E-state index is 11.9. The Kier molecular flexibility index (Phi) is 5.28. The lowest BCUT2D eigenvalue weighted by Crippen LogP contribution is -2.16. The quantitative estimate of drug-likeness (QED) is 0.727. The number of hydrogen-bond acceptors (Lipinski definition) is 3. The minimum Gasteiger partial charge on any atom is -0.312 e. The van der Waals surface area contributed by atoms with Crippen LogP contribution in [0.2, 0.25) is 0 Å². The molecular weight excluding hydrogens is 316 g/mol. The van der Waals surface area contributed by atoms with Gasteiger partial charge < -0.3 is 4.98 Å². The van der Waals surface area contributed by atoms with Crippen molar-refractivity contribution < 1.29 is 0 Å². The van der Waals surface area contributed by atoms with Gasteiger partial charge in [0, 0.05) is 18.0 Å². The SMILES string of the molecule is CCc1ccc(-c2[nH]c(=O)sc2CN(C)Cc2ccccc2)cc1. The fourth-order valence-corrected chi connectivity index (χ4v) is 3.74. The summed E-state index contributed by atoms with van der Waals surface area (Å²) in [5, 5.41) is 0. The second-order valence-electron chi connectivity index (χ2n) is 6.02. The topological polar surface area (TPSA) is 36.1 Å². The van der Waals surface area contributed by atoms with Crippen LogP contribution in [-0.2, 0) is 19.5 Å². The molecule has 0 radical (unpaired) electrons. The lowest BCUT2D eigenvalue weighted by Gasteiger charge is -2.16. The Balaban J connectivity index is 1.79. The minimum absolute atomic E-state index is 0.00711. The first kappa shape index (κ1) is 16.7. The van der Waals surface area contributed by atoms with E-state index in [1.54, 1.807) is 0 Å². The predicted molar refractivity (Wildman–Crippen MR) is 101 cm³/mol. The van der Waals surface area contributed by atoms with Gasteiger partial charge in [-0.3, -0.25) is 9.69 Å². The monoisotopic (exact) mass is 338 g/mol. The van der Waals surface area contributed by atoms with Crippen LogP contribution in [0, 0.1) is 0 Å². The molecule has 0 aliphatic heterocycles. The second kappa shape index (κ2) is 7.60. The smallest absolute Gasteiger partial charge is 0.305 e. The van der Waals surface area contributed by atoms with Gasteiger partial charge in [-0.2, -0.15) is 0 Å². The maximum Gasteiger partial charge on any atom is 0.305 e. The van der Waals surface area contributed by atoms with Gasteiger partial charge in [-0.15, -0.1) is 0 Å². The van der Waals surface area contributed by atoms with Gasteiger partial charge in [-0.1, -0.05) is 72.9 Å². The Morgan fingerprint density at radius 3 is 2.33 bits per heavy atom. The molecule has 3 nitrogen and oxygen atoms in total. The zero-order valence-electron chi connectivity index (χ0n) is 14.1. The number of thiazole rings is 1. The van der Waals surface area contributed by atoms with Crippen LogP contribution in [0.1, 0.15) is 22.9 Å². The molecule has 0 saturated carbocycles. The van der Waals surface area contributed by atoms with Gasteiger partial charge in [0.1, 0.15) is 0 Å². The second-order valence-corrected chi connectivity index (χ2v) is 7.09. The normalized spacial score (nSPS) is 11.1. The first-order chi connectivity index (χ1) is 11.7. The Morgan fingerprint density at radius 1 is 0.958 bits per heavy atom.